The van der Waals surface area contributed by atoms with Gasteiger partial charge < -0.3 is 15.6 Å². The Morgan fingerprint density at radius 1 is 1.50 bits per heavy atom. The molecule has 0 aliphatic rings. The molecule has 0 aliphatic heterocycles. The van der Waals surface area contributed by atoms with Crippen LogP contribution in [0.15, 0.2) is 0 Å². The Morgan fingerprint density at radius 3 is 2.56 bits per heavy atom. The van der Waals surface area contributed by atoms with Crippen molar-refractivity contribution in [2.45, 2.75) is 51.6 Å². The minimum Gasteiger partial charge on any atom is -0.480 e. The third-order valence-corrected chi connectivity index (χ3v) is 3.32. The first-order valence-corrected chi connectivity index (χ1v) is 6.60. The smallest absolute Gasteiger partial charge is 0.323 e. The SMILES string of the molecule is CCN(CCCCC(C)(N)C(=O)O)C(C)COC. The van der Waals surface area contributed by atoms with Crippen LogP contribution >= 0.6 is 0 Å². The Hall–Kier alpha value is -0.650. The molecule has 2 unspecified atom stereocenters. The molecule has 0 spiro atoms. The highest BCUT2D eigenvalue weighted by molar-refractivity contribution is 5.77. The van der Waals surface area contributed by atoms with Gasteiger partial charge in [-0.2, -0.15) is 0 Å². The topological polar surface area (TPSA) is 75.8 Å². The van der Waals surface area contributed by atoms with Gasteiger partial charge in [-0.3, -0.25) is 9.69 Å². The predicted molar refractivity (Wildman–Crippen MR) is 72.7 cm³/mol. The van der Waals surface area contributed by atoms with Crippen LogP contribution in [-0.2, 0) is 9.53 Å². The molecule has 0 aromatic rings. The van der Waals surface area contributed by atoms with Gasteiger partial charge in [-0.15, -0.1) is 0 Å². The largest absolute Gasteiger partial charge is 0.480 e. The van der Waals surface area contributed by atoms with E-state index >= 15 is 0 Å². The summed E-state index contributed by atoms with van der Waals surface area (Å²) in [6.45, 7) is 8.48. The summed E-state index contributed by atoms with van der Waals surface area (Å²) in [4.78, 5) is 13.2. The second-order valence-electron chi connectivity index (χ2n) is 5.11. The van der Waals surface area contributed by atoms with E-state index in [-0.39, 0.29) is 0 Å². The van der Waals surface area contributed by atoms with Crippen LogP contribution in [0.3, 0.4) is 0 Å². The molecule has 0 saturated heterocycles. The van der Waals surface area contributed by atoms with E-state index in [1.54, 1.807) is 14.0 Å². The highest BCUT2D eigenvalue weighted by atomic mass is 16.5. The zero-order valence-corrected chi connectivity index (χ0v) is 12.1. The number of ether oxygens (including phenoxy) is 1. The van der Waals surface area contributed by atoms with Crippen molar-refractivity contribution in [2.24, 2.45) is 5.73 Å². The van der Waals surface area contributed by atoms with Gasteiger partial charge in [0.05, 0.1) is 6.61 Å². The standard InChI is InChI=1S/C13H28N2O3/c1-5-15(11(2)10-18-4)9-7-6-8-13(3,14)12(16)17/h11H,5-10,14H2,1-4H3,(H,16,17). The molecule has 0 aromatic carbocycles. The fourth-order valence-electron chi connectivity index (χ4n) is 1.95. The number of carbonyl (C=O) groups is 1. The van der Waals surface area contributed by atoms with E-state index in [0.717, 1.165) is 32.5 Å². The van der Waals surface area contributed by atoms with E-state index in [2.05, 4.69) is 18.7 Å². The van der Waals surface area contributed by atoms with Crippen LogP contribution in [0.25, 0.3) is 0 Å². The molecule has 0 fully saturated rings. The van der Waals surface area contributed by atoms with Crippen molar-refractivity contribution in [3.8, 4) is 0 Å². The number of rotatable bonds is 10. The van der Waals surface area contributed by atoms with Crippen LogP contribution in [-0.4, -0.2) is 54.4 Å². The number of hydrogen-bond acceptors (Lipinski definition) is 4. The monoisotopic (exact) mass is 260 g/mol. The van der Waals surface area contributed by atoms with Gasteiger partial charge in [0.2, 0.25) is 0 Å². The van der Waals surface area contributed by atoms with E-state index in [9.17, 15) is 4.79 Å². The molecule has 0 aliphatic carbocycles. The van der Waals surface area contributed by atoms with Crippen molar-refractivity contribution in [1.29, 1.82) is 0 Å². The number of methoxy groups -OCH3 is 1. The van der Waals surface area contributed by atoms with Crippen molar-refractivity contribution in [1.82, 2.24) is 4.90 Å². The summed E-state index contributed by atoms with van der Waals surface area (Å²) in [6.07, 6.45) is 2.30. The lowest BCUT2D eigenvalue weighted by molar-refractivity contribution is -0.142. The van der Waals surface area contributed by atoms with E-state index in [0.29, 0.717) is 12.5 Å². The molecule has 3 N–H and O–H groups in total. The van der Waals surface area contributed by atoms with Gasteiger partial charge in [-0.05, 0) is 46.2 Å². The summed E-state index contributed by atoms with van der Waals surface area (Å²) in [5, 5.41) is 8.90. The van der Waals surface area contributed by atoms with Gasteiger partial charge in [0.25, 0.3) is 0 Å². The van der Waals surface area contributed by atoms with Crippen LogP contribution in [0, 0.1) is 0 Å². The Labute approximate surface area is 110 Å². The van der Waals surface area contributed by atoms with Gasteiger partial charge in [0, 0.05) is 13.2 Å². The lowest BCUT2D eigenvalue weighted by Gasteiger charge is -2.27. The van der Waals surface area contributed by atoms with E-state index < -0.39 is 11.5 Å². The van der Waals surface area contributed by atoms with Crippen molar-refractivity contribution in [2.75, 3.05) is 26.8 Å². The Balaban J connectivity index is 3.91. The molecule has 0 heterocycles. The van der Waals surface area contributed by atoms with E-state index in [1.165, 1.54) is 0 Å². The first-order chi connectivity index (χ1) is 8.35. The summed E-state index contributed by atoms with van der Waals surface area (Å²) in [7, 11) is 1.71. The first-order valence-electron chi connectivity index (χ1n) is 6.60. The van der Waals surface area contributed by atoms with Gasteiger partial charge in [0.15, 0.2) is 0 Å². The molecule has 5 heteroatoms. The van der Waals surface area contributed by atoms with Crippen LogP contribution in [0.2, 0.25) is 0 Å². The molecule has 0 amide bonds. The zero-order valence-electron chi connectivity index (χ0n) is 12.1. The number of unbranched alkanes of at least 4 members (excludes halogenated alkanes) is 1. The van der Waals surface area contributed by atoms with E-state index in [4.69, 9.17) is 15.6 Å². The van der Waals surface area contributed by atoms with Gasteiger partial charge in [0.1, 0.15) is 5.54 Å². The number of likely N-dealkylation sites (N-methyl/N-ethyl adjacent to an activating group) is 1. The fourth-order valence-corrected chi connectivity index (χ4v) is 1.95. The minimum absolute atomic E-state index is 0.392. The second-order valence-corrected chi connectivity index (χ2v) is 5.11. The number of nitrogens with two attached hydrogens (primary N) is 1. The summed E-state index contributed by atoms with van der Waals surface area (Å²) < 4.78 is 5.14. The molecular formula is C13H28N2O3. The average Bonchev–Trinajstić information content (AvgIpc) is 2.29. The number of carboxylic acids is 1. The Morgan fingerprint density at radius 2 is 2.11 bits per heavy atom. The maximum absolute atomic E-state index is 10.8. The van der Waals surface area contributed by atoms with Crippen molar-refractivity contribution in [3.05, 3.63) is 0 Å². The van der Waals surface area contributed by atoms with Crippen molar-refractivity contribution >= 4 is 5.97 Å². The lowest BCUT2D eigenvalue weighted by Crippen LogP contribution is -2.44. The summed E-state index contributed by atoms with van der Waals surface area (Å²) in [6, 6.07) is 0.392. The summed E-state index contributed by atoms with van der Waals surface area (Å²) in [5.41, 5.74) is 4.58. The third-order valence-electron chi connectivity index (χ3n) is 3.32. The summed E-state index contributed by atoms with van der Waals surface area (Å²) in [5.74, 6) is -0.928. The molecule has 0 bridgehead atoms. The van der Waals surface area contributed by atoms with Crippen LogP contribution in [0.5, 0.6) is 0 Å². The molecular weight excluding hydrogens is 232 g/mol. The molecule has 2 atom stereocenters. The summed E-state index contributed by atoms with van der Waals surface area (Å²) >= 11 is 0. The minimum atomic E-state index is -1.10. The molecule has 108 valence electrons. The Bertz CT molecular complexity index is 244. The lowest BCUT2D eigenvalue weighted by atomic mass is 9.96. The third kappa shape index (κ3) is 6.33. The molecule has 5 nitrogen and oxygen atoms in total. The number of aliphatic carboxylic acids is 1. The molecule has 0 rings (SSSR count). The van der Waals surface area contributed by atoms with E-state index in [1.807, 2.05) is 0 Å². The Kier molecular flexibility index (Phi) is 8.15. The highest BCUT2D eigenvalue weighted by Gasteiger charge is 2.26. The van der Waals surface area contributed by atoms with Gasteiger partial charge in [-0.1, -0.05) is 6.92 Å². The molecule has 0 radical (unpaired) electrons. The van der Waals surface area contributed by atoms with Crippen LogP contribution < -0.4 is 5.73 Å². The van der Waals surface area contributed by atoms with Crippen LogP contribution in [0.1, 0.15) is 40.0 Å². The van der Waals surface area contributed by atoms with Crippen molar-refractivity contribution in [3.63, 3.8) is 0 Å². The maximum Gasteiger partial charge on any atom is 0.323 e. The van der Waals surface area contributed by atoms with Crippen LogP contribution in [0.4, 0.5) is 0 Å². The van der Waals surface area contributed by atoms with Gasteiger partial charge in [-0.25, -0.2) is 0 Å². The number of hydrogen-bond donors (Lipinski definition) is 2. The quantitative estimate of drug-likeness (QED) is 0.579. The maximum atomic E-state index is 10.8. The predicted octanol–water partition coefficient (Wildman–Crippen LogP) is 1.32. The first kappa shape index (κ1) is 17.4. The number of nitrogens with zero attached hydrogens (tertiary/aromatic N) is 1. The molecule has 0 saturated carbocycles. The second kappa shape index (κ2) is 8.45. The molecule has 0 aromatic heterocycles. The average molecular weight is 260 g/mol. The molecule has 18 heavy (non-hydrogen) atoms. The number of carboxylic acid groups (broad SMARTS) is 1. The fraction of sp³-hybridized carbons (Fsp3) is 0.923. The highest BCUT2D eigenvalue weighted by Crippen LogP contribution is 2.12. The van der Waals surface area contributed by atoms with Gasteiger partial charge >= 0.3 is 5.97 Å². The zero-order chi connectivity index (χ0) is 14.2. The van der Waals surface area contributed by atoms with Crippen molar-refractivity contribution < 1.29 is 14.6 Å². The normalized spacial score (nSPS) is 16.6.